The average molecular weight is 399 g/mol. The third kappa shape index (κ3) is 3.00. The van der Waals surface area contributed by atoms with Crippen molar-refractivity contribution in [3.05, 3.63) is 40.9 Å². The second-order valence-electron chi connectivity index (χ2n) is 6.88. The van der Waals surface area contributed by atoms with Gasteiger partial charge in [0.2, 0.25) is 0 Å². The van der Waals surface area contributed by atoms with Crippen LogP contribution in [-0.2, 0) is 11.2 Å². The third-order valence-corrected chi connectivity index (χ3v) is 6.09. The molecular formula is C19H18FN5O2S. The number of carbonyl (C=O) groups excluding carboxylic acids is 1. The Bertz CT molecular complexity index is 1050. The van der Waals surface area contributed by atoms with E-state index in [9.17, 15) is 9.18 Å². The number of hydrogen-bond donors (Lipinski definition) is 1. The fourth-order valence-corrected chi connectivity index (χ4v) is 4.55. The molecule has 1 fully saturated rings. The number of benzene rings is 1. The van der Waals surface area contributed by atoms with Crippen molar-refractivity contribution in [3.8, 4) is 0 Å². The summed E-state index contributed by atoms with van der Waals surface area (Å²) in [5, 5.41) is 3.36. The molecule has 28 heavy (non-hydrogen) atoms. The van der Waals surface area contributed by atoms with E-state index in [1.165, 1.54) is 23.7 Å². The van der Waals surface area contributed by atoms with Crippen LogP contribution in [0, 0.1) is 5.82 Å². The van der Waals surface area contributed by atoms with Crippen LogP contribution < -0.4 is 10.2 Å². The predicted octanol–water partition coefficient (Wildman–Crippen LogP) is 2.83. The summed E-state index contributed by atoms with van der Waals surface area (Å²) in [6.45, 7) is 1.92. The first-order chi connectivity index (χ1) is 13.7. The van der Waals surface area contributed by atoms with Crippen molar-refractivity contribution in [1.29, 1.82) is 0 Å². The minimum absolute atomic E-state index is 0.0957. The van der Waals surface area contributed by atoms with E-state index in [0.717, 1.165) is 24.8 Å². The lowest BCUT2D eigenvalue weighted by atomic mass is 10.1. The van der Waals surface area contributed by atoms with E-state index in [1.807, 2.05) is 11.0 Å². The van der Waals surface area contributed by atoms with E-state index in [4.69, 9.17) is 4.74 Å². The average Bonchev–Trinajstić information content (AvgIpc) is 3.34. The summed E-state index contributed by atoms with van der Waals surface area (Å²) in [5.74, 6) is 0.0403. The maximum Gasteiger partial charge on any atom is 0.280 e. The van der Waals surface area contributed by atoms with Crippen LogP contribution in [0.5, 0.6) is 0 Å². The lowest BCUT2D eigenvalue weighted by Gasteiger charge is -2.22. The summed E-state index contributed by atoms with van der Waals surface area (Å²) in [6.07, 6.45) is 3.77. The number of para-hydroxylation sites is 1. The summed E-state index contributed by atoms with van der Waals surface area (Å²) in [6, 6.07) is 5.18. The molecule has 7 nitrogen and oxygen atoms in total. The molecule has 2 aliphatic heterocycles. The monoisotopic (exact) mass is 399 g/mol. The molecule has 1 N–H and O–H groups in total. The van der Waals surface area contributed by atoms with Gasteiger partial charge in [-0.2, -0.15) is 0 Å². The van der Waals surface area contributed by atoms with Gasteiger partial charge in [-0.05, 0) is 30.9 Å². The summed E-state index contributed by atoms with van der Waals surface area (Å²) in [4.78, 5) is 28.2. The van der Waals surface area contributed by atoms with Gasteiger partial charge in [-0.3, -0.25) is 4.79 Å². The minimum Gasteiger partial charge on any atom is -0.381 e. The Hall–Kier alpha value is -2.65. The molecule has 144 valence electrons. The fourth-order valence-electron chi connectivity index (χ4n) is 3.75. The Morgan fingerprint density at radius 3 is 3.00 bits per heavy atom. The van der Waals surface area contributed by atoms with E-state index in [-0.39, 0.29) is 17.8 Å². The molecule has 2 aliphatic rings. The lowest BCUT2D eigenvalue weighted by molar-refractivity contribution is 0.0696. The summed E-state index contributed by atoms with van der Waals surface area (Å²) in [7, 11) is 0. The van der Waals surface area contributed by atoms with Gasteiger partial charge < -0.3 is 15.0 Å². The highest BCUT2D eigenvalue weighted by Gasteiger charge is 2.28. The number of ether oxygens (including phenoxy) is 1. The summed E-state index contributed by atoms with van der Waals surface area (Å²) in [5.41, 5.74) is 2.00. The number of aromatic nitrogens is 3. The molecule has 1 aromatic carbocycles. The first kappa shape index (κ1) is 17.4. The lowest BCUT2D eigenvalue weighted by Crippen LogP contribution is -2.38. The minimum atomic E-state index is -0.283. The van der Waals surface area contributed by atoms with Crippen molar-refractivity contribution in [2.75, 3.05) is 24.7 Å². The van der Waals surface area contributed by atoms with E-state index >= 15 is 0 Å². The Labute approximate surface area is 164 Å². The maximum atomic E-state index is 14.4. The molecule has 0 atom stereocenters. The zero-order valence-corrected chi connectivity index (χ0v) is 15.8. The van der Waals surface area contributed by atoms with Gasteiger partial charge in [-0.25, -0.2) is 19.3 Å². The molecule has 5 rings (SSSR count). The molecule has 0 aliphatic carbocycles. The number of anilines is 2. The van der Waals surface area contributed by atoms with E-state index in [0.29, 0.717) is 46.6 Å². The molecule has 0 bridgehead atoms. The molecule has 0 unspecified atom stereocenters. The normalized spacial score (nSPS) is 17.1. The molecule has 2 aromatic heterocycles. The number of fused-ring (bicyclic) bond motifs is 2. The number of halogens is 1. The van der Waals surface area contributed by atoms with Gasteiger partial charge in [0.1, 0.15) is 22.5 Å². The van der Waals surface area contributed by atoms with Gasteiger partial charge in [-0.15, -0.1) is 0 Å². The van der Waals surface area contributed by atoms with Crippen LogP contribution in [0.4, 0.5) is 15.9 Å². The summed E-state index contributed by atoms with van der Waals surface area (Å²) < 4.78 is 19.8. The SMILES string of the molecule is O=C(NC1CCOCC1)c1nc2c(N3CCc4cccc(F)c43)ncnc2s1. The van der Waals surface area contributed by atoms with E-state index in [2.05, 4.69) is 20.3 Å². The Morgan fingerprint density at radius 2 is 2.14 bits per heavy atom. The molecule has 9 heteroatoms. The van der Waals surface area contributed by atoms with Crippen LogP contribution in [0.3, 0.4) is 0 Å². The second-order valence-corrected chi connectivity index (χ2v) is 7.86. The van der Waals surface area contributed by atoms with Crippen molar-refractivity contribution in [2.24, 2.45) is 0 Å². The van der Waals surface area contributed by atoms with Crippen LogP contribution in [-0.4, -0.2) is 46.7 Å². The van der Waals surface area contributed by atoms with Gasteiger partial charge in [0.25, 0.3) is 5.91 Å². The zero-order chi connectivity index (χ0) is 19.1. The number of carbonyl (C=O) groups is 1. The van der Waals surface area contributed by atoms with Crippen molar-refractivity contribution < 1.29 is 13.9 Å². The number of amides is 1. The molecule has 0 spiro atoms. The predicted molar refractivity (Wildman–Crippen MR) is 104 cm³/mol. The van der Waals surface area contributed by atoms with Crippen LogP contribution in [0.15, 0.2) is 24.5 Å². The number of thiazole rings is 1. The highest BCUT2D eigenvalue weighted by molar-refractivity contribution is 7.20. The molecule has 1 amide bonds. The molecule has 0 radical (unpaired) electrons. The van der Waals surface area contributed by atoms with E-state index < -0.39 is 0 Å². The number of hydrogen-bond acceptors (Lipinski definition) is 7. The van der Waals surface area contributed by atoms with Crippen molar-refractivity contribution in [3.63, 3.8) is 0 Å². The Balaban J connectivity index is 1.48. The summed E-state index contributed by atoms with van der Waals surface area (Å²) >= 11 is 1.23. The molecule has 3 aromatic rings. The van der Waals surface area contributed by atoms with Crippen molar-refractivity contribution in [2.45, 2.75) is 25.3 Å². The third-order valence-electron chi connectivity index (χ3n) is 5.13. The largest absolute Gasteiger partial charge is 0.381 e. The second kappa shape index (κ2) is 7.06. The highest BCUT2D eigenvalue weighted by atomic mass is 32.1. The zero-order valence-electron chi connectivity index (χ0n) is 15.0. The quantitative estimate of drug-likeness (QED) is 0.730. The van der Waals surface area contributed by atoms with Crippen LogP contribution in [0.25, 0.3) is 10.3 Å². The maximum absolute atomic E-state index is 14.4. The van der Waals surface area contributed by atoms with E-state index in [1.54, 1.807) is 6.07 Å². The number of rotatable bonds is 3. The topological polar surface area (TPSA) is 80.2 Å². The first-order valence-corrected chi connectivity index (χ1v) is 10.1. The molecular weight excluding hydrogens is 381 g/mol. The number of nitrogens with one attached hydrogen (secondary N) is 1. The van der Waals surface area contributed by atoms with Crippen LogP contribution in [0.1, 0.15) is 28.2 Å². The van der Waals surface area contributed by atoms with Gasteiger partial charge in [0.05, 0.1) is 5.69 Å². The highest BCUT2D eigenvalue weighted by Crippen LogP contribution is 2.38. The smallest absolute Gasteiger partial charge is 0.280 e. The molecule has 1 saturated heterocycles. The van der Waals surface area contributed by atoms with Crippen molar-refractivity contribution in [1.82, 2.24) is 20.3 Å². The molecule has 0 saturated carbocycles. The van der Waals surface area contributed by atoms with Gasteiger partial charge >= 0.3 is 0 Å². The Kier molecular flexibility index (Phi) is 4.40. The molecule has 4 heterocycles. The first-order valence-electron chi connectivity index (χ1n) is 9.26. The van der Waals surface area contributed by atoms with Crippen molar-refractivity contribution >= 4 is 39.1 Å². The standard InChI is InChI=1S/C19H18FN5O2S/c20-13-3-1-2-11-4-7-25(15(11)13)16-14-18(22-10-21-16)28-19(24-14)17(26)23-12-5-8-27-9-6-12/h1-3,10,12H,4-9H2,(H,23,26). The van der Waals surface area contributed by atoms with Crippen LogP contribution in [0.2, 0.25) is 0 Å². The Morgan fingerprint density at radius 1 is 1.29 bits per heavy atom. The van der Waals surface area contributed by atoms with Gasteiger partial charge in [0.15, 0.2) is 10.8 Å². The number of nitrogens with zero attached hydrogens (tertiary/aromatic N) is 4. The van der Waals surface area contributed by atoms with Gasteiger partial charge in [-0.1, -0.05) is 23.5 Å². The fraction of sp³-hybridized carbons (Fsp3) is 0.368. The van der Waals surface area contributed by atoms with Gasteiger partial charge in [0, 0.05) is 25.8 Å². The van der Waals surface area contributed by atoms with Crippen LogP contribution >= 0.6 is 11.3 Å².